The molecule has 0 fully saturated rings. The zero-order valence-corrected chi connectivity index (χ0v) is 12.0. The molecule has 2 aromatic carbocycles. The first-order valence-corrected chi connectivity index (χ1v) is 6.36. The fraction of sp³-hybridized carbons (Fsp3) is 0.188. The van der Waals surface area contributed by atoms with E-state index in [-0.39, 0.29) is 12.6 Å². The second-order valence-electron chi connectivity index (χ2n) is 4.33. The van der Waals surface area contributed by atoms with Crippen LogP contribution in [0.2, 0.25) is 0 Å². The molecule has 0 heterocycles. The standard InChI is InChI=1S/C16H17NO4/c1-19-10-21-14-5-3-4-13(17)15(14)16(18)11-6-8-12(20-2)9-7-11/h3-9H,10,17H2,1-2H3. The molecular formula is C16H17NO4. The predicted octanol–water partition coefficient (Wildman–Crippen LogP) is 2.49. The normalized spacial score (nSPS) is 10.2. The largest absolute Gasteiger partial charge is 0.497 e. The summed E-state index contributed by atoms with van der Waals surface area (Å²) in [6, 6.07) is 11.9. The van der Waals surface area contributed by atoms with Crippen LogP contribution >= 0.6 is 0 Å². The SMILES string of the molecule is COCOc1cccc(N)c1C(=O)c1ccc(OC)cc1. The van der Waals surface area contributed by atoms with Crippen LogP contribution in [-0.2, 0) is 4.74 Å². The van der Waals surface area contributed by atoms with Gasteiger partial charge in [0, 0.05) is 18.4 Å². The summed E-state index contributed by atoms with van der Waals surface area (Å²) in [7, 11) is 3.08. The number of benzene rings is 2. The van der Waals surface area contributed by atoms with Gasteiger partial charge in [-0.3, -0.25) is 4.79 Å². The molecule has 2 N–H and O–H groups in total. The van der Waals surface area contributed by atoms with Crippen LogP contribution in [0.25, 0.3) is 0 Å². The zero-order valence-electron chi connectivity index (χ0n) is 12.0. The van der Waals surface area contributed by atoms with Crippen LogP contribution in [0.3, 0.4) is 0 Å². The highest BCUT2D eigenvalue weighted by atomic mass is 16.7. The van der Waals surface area contributed by atoms with Gasteiger partial charge in [0.15, 0.2) is 12.6 Å². The molecule has 0 aliphatic rings. The number of nitrogens with two attached hydrogens (primary N) is 1. The summed E-state index contributed by atoms with van der Waals surface area (Å²) in [6.45, 7) is 0.0480. The smallest absolute Gasteiger partial charge is 0.198 e. The van der Waals surface area contributed by atoms with Crippen molar-refractivity contribution in [1.82, 2.24) is 0 Å². The van der Waals surface area contributed by atoms with E-state index in [9.17, 15) is 4.79 Å². The van der Waals surface area contributed by atoms with E-state index >= 15 is 0 Å². The summed E-state index contributed by atoms with van der Waals surface area (Å²) in [6.07, 6.45) is 0. The van der Waals surface area contributed by atoms with E-state index in [1.54, 1.807) is 49.6 Å². The molecule has 0 radical (unpaired) electrons. The highest BCUT2D eigenvalue weighted by Gasteiger charge is 2.18. The Morgan fingerprint density at radius 3 is 2.43 bits per heavy atom. The summed E-state index contributed by atoms with van der Waals surface area (Å²) in [5.74, 6) is 0.878. The fourth-order valence-electron chi connectivity index (χ4n) is 1.92. The Kier molecular flexibility index (Phi) is 4.79. The minimum atomic E-state index is -0.207. The maximum Gasteiger partial charge on any atom is 0.198 e. The van der Waals surface area contributed by atoms with E-state index in [0.29, 0.717) is 28.3 Å². The van der Waals surface area contributed by atoms with Gasteiger partial charge in [-0.1, -0.05) is 6.07 Å². The minimum Gasteiger partial charge on any atom is -0.497 e. The predicted molar refractivity (Wildman–Crippen MR) is 79.8 cm³/mol. The van der Waals surface area contributed by atoms with E-state index in [4.69, 9.17) is 19.9 Å². The van der Waals surface area contributed by atoms with Gasteiger partial charge in [-0.2, -0.15) is 0 Å². The third-order valence-corrected chi connectivity index (χ3v) is 2.97. The number of ether oxygens (including phenoxy) is 3. The van der Waals surface area contributed by atoms with Crippen LogP contribution in [-0.4, -0.2) is 26.8 Å². The molecule has 21 heavy (non-hydrogen) atoms. The van der Waals surface area contributed by atoms with Gasteiger partial charge in [-0.25, -0.2) is 0 Å². The summed E-state index contributed by atoms with van der Waals surface area (Å²) in [5.41, 5.74) is 7.13. The fourth-order valence-corrected chi connectivity index (χ4v) is 1.92. The molecule has 5 heteroatoms. The Bertz CT molecular complexity index is 623. The highest BCUT2D eigenvalue weighted by Crippen LogP contribution is 2.28. The van der Waals surface area contributed by atoms with Crippen LogP contribution in [0.5, 0.6) is 11.5 Å². The number of ketones is 1. The van der Waals surface area contributed by atoms with E-state index in [0.717, 1.165) is 0 Å². The van der Waals surface area contributed by atoms with Crippen molar-refractivity contribution in [3.8, 4) is 11.5 Å². The molecule has 0 aliphatic carbocycles. The van der Waals surface area contributed by atoms with Gasteiger partial charge in [-0.15, -0.1) is 0 Å². The van der Waals surface area contributed by atoms with Crippen LogP contribution in [0.4, 0.5) is 5.69 Å². The Morgan fingerprint density at radius 1 is 1.10 bits per heavy atom. The van der Waals surface area contributed by atoms with Gasteiger partial charge in [0.05, 0.1) is 12.7 Å². The molecule has 0 spiro atoms. The number of rotatable bonds is 6. The van der Waals surface area contributed by atoms with Crippen molar-refractivity contribution in [3.63, 3.8) is 0 Å². The van der Waals surface area contributed by atoms with Gasteiger partial charge in [0.1, 0.15) is 11.5 Å². The van der Waals surface area contributed by atoms with Crippen molar-refractivity contribution in [2.45, 2.75) is 0 Å². The maximum absolute atomic E-state index is 12.6. The number of carbonyl (C=O) groups excluding carboxylic acids is 1. The molecule has 0 saturated carbocycles. The van der Waals surface area contributed by atoms with Crippen molar-refractivity contribution in [1.29, 1.82) is 0 Å². The van der Waals surface area contributed by atoms with Crippen LogP contribution in [0, 0.1) is 0 Å². The maximum atomic E-state index is 12.6. The first-order valence-electron chi connectivity index (χ1n) is 6.36. The quantitative estimate of drug-likeness (QED) is 0.502. The second kappa shape index (κ2) is 6.76. The number of nitrogen functional groups attached to an aromatic ring is 1. The first-order chi connectivity index (χ1) is 10.2. The summed E-state index contributed by atoms with van der Waals surface area (Å²) in [4.78, 5) is 12.6. The first kappa shape index (κ1) is 14.9. The van der Waals surface area contributed by atoms with Crippen molar-refractivity contribution in [3.05, 3.63) is 53.6 Å². The Balaban J connectivity index is 2.37. The van der Waals surface area contributed by atoms with Crippen molar-refractivity contribution >= 4 is 11.5 Å². The minimum absolute atomic E-state index is 0.0480. The molecule has 2 aromatic rings. The zero-order chi connectivity index (χ0) is 15.2. The summed E-state index contributed by atoms with van der Waals surface area (Å²) < 4.78 is 15.4. The Labute approximate surface area is 123 Å². The van der Waals surface area contributed by atoms with E-state index in [1.807, 2.05) is 0 Å². The number of hydrogen-bond acceptors (Lipinski definition) is 5. The summed E-state index contributed by atoms with van der Waals surface area (Å²) >= 11 is 0. The van der Waals surface area contributed by atoms with Crippen LogP contribution in [0.15, 0.2) is 42.5 Å². The monoisotopic (exact) mass is 287 g/mol. The average molecular weight is 287 g/mol. The third-order valence-electron chi connectivity index (χ3n) is 2.97. The van der Waals surface area contributed by atoms with E-state index in [2.05, 4.69) is 0 Å². The summed E-state index contributed by atoms with van der Waals surface area (Å²) in [5, 5.41) is 0. The molecule has 2 rings (SSSR count). The lowest BCUT2D eigenvalue weighted by Gasteiger charge is -2.12. The lowest BCUT2D eigenvalue weighted by molar-refractivity contribution is 0.0504. The molecule has 0 saturated heterocycles. The molecule has 0 aliphatic heterocycles. The molecule has 0 aromatic heterocycles. The van der Waals surface area contributed by atoms with Crippen LogP contribution < -0.4 is 15.2 Å². The molecule has 0 amide bonds. The van der Waals surface area contributed by atoms with Crippen molar-refractivity contribution in [2.75, 3.05) is 26.7 Å². The van der Waals surface area contributed by atoms with E-state index in [1.165, 1.54) is 7.11 Å². The molecular weight excluding hydrogens is 270 g/mol. The molecule has 0 unspecified atom stereocenters. The molecule has 0 atom stereocenters. The van der Waals surface area contributed by atoms with E-state index < -0.39 is 0 Å². The van der Waals surface area contributed by atoms with Crippen molar-refractivity contribution < 1.29 is 19.0 Å². The molecule has 110 valence electrons. The number of anilines is 1. The number of hydrogen-bond donors (Lipinski definition) is 1. The lowest BCUT2D eigenvalue weighted by Crippen LogP contribution is -2.10. The van der Waals surface area contributed by atoms with Gasteiger partial charge in [0.2, 0.25) is 0 Å². The van der Waals surface area contributed by atoms with Crippen LogP contribution in [0.1, 0.15) is 15.9 Å². The average Bonchev–Trinajstić information content (AvgIpc) is 2.52. The van der Waals surface area contributed by atoms with Gasteiger partial charge < -0.3 is 19.9 Å². The second-order valence-corrected chi connectivity index (χ2v) is 4.33. The highest BCUT2D eigenvalue weighted by molar-refractivity contribution is 6.13. The number of carbonyl (C=O) groups is 1. The lowest BCUT2D eigenvalue weighted by atomic mass is 10.0. The molecule has 0 bridgehead atoms. The van der Waals surface area contributed by atoms with Gasteiger partial charge >= 0.3 is 0 Å². The Hall–Kier alpha value is -2.53. The number of methoxy groups -OCH3 is 2. The van der Waals surface area contributed by atoms with Gasteiger partial charge in [0.25, 0.3) is 0 Å². The van der Waals surface area contributed by atoms with Gasteiger partial charge in [-0.05, 0) is 36.4 Å². The van der Waals surface area contributed by atoms with Crippen molar-refractivity contribution in [2.24, 2.45) is 0 Å². The topological polar surface area (TPSA) is 70.8 Å². The third kappa shape index (κ3) is 3.32. The molecule has 5 nitrogen and oxygen atoms in total. The Morgan fingerprint density at radius 2 is 1.81 bits per heavy atom.